The summed E-state index contributed by atoms with van der Waals surface area (Å²) in [4.78, 5) is 0. The summed E-state index contributed by atoms with van der Waals surface area (Å²) in [7, 11) is -2.00. The predicted molar refractivity (Wildman–Crippen MR) is 125 cm³/mol. The Labute approximate surface area is 180 Å². The van der Waals surface area contributed by atoms with Crippen molar-refractivity contribution in [1.82, 2.24) is 0 Å². The maximum Gasteiger partial charge on any atom is 0.126 e. The van der Waals surface area contributed by atoms with E-state index in [1.165, 1.54) is 21.5 Å². The van der Waals surface area contributed by atoms with Crippen LogP contribution < -0.4 is 28.3 Å². The maximum atomic E-state index is 4.31. The van der Waals surface area contributed by atoms with Crippen molar-refractivity contribution in [1.29, 1.82) is 0 Å². The Morgan fingerprint density at radius 3 is 1.14 bits per heavy atom. The predicted octanol–water partition coefficient (Wildman–Crippen LogP) is 2.91. The molecular weight excluding hydrogens is 391 g/mol. The van der Waals surface area contributed by atoms with Crippen LogP contribution in [0.3, 0.4) is 0 Å². The molecule has 144 valence electrons. The van der Waals surface area contributed by atoms with Crippen LogP contribution in [0, 0.1) is 0 Å². The number of halogens is 1. The van der Waals surface area contributed by atoms with E-state index in [-0.39, 0.29) is 18.1 Å². The van der Waals surface area contributed by atoms with Crippen LogP contribution in [0.5, 0.6) is 0 Å². The van der Waals surface area contributed by atoms with E-state index in [1.807, 2.05) is 0 Å². The van der Waals surface area contributed by atoms with Gasteiger partial charge in [0.15, 0.2) is 0 Å². The van der Waals surface area contributed by atoms with Crippen molar-refractivity contribution in [2.24, 2.45) is 0 Å². The lowest BCUT2D eigenvalue weighted by atomic mass is 10.1. The van der Waals surface area contributed by atoms with Crippen LogP contribution in [-0.4, -0.2) is 0 Å². The van der Waals surface area contributed by atoms with Crippen LogP contribution in [-0.2, 0) is 0 Å². The van der Waals surface area contributed by atoms with Crippen LogP contribution in [0.2, 0.25) is 0 Å². The summed E-state index contributed by atoms with van der Waals surface area (Å²) in [5.74, 6) is 0. The molecule has 4 aromatic carbocycles. The van der Waals surface area contributed by atoms with Crippen LogP contribution in [0.1, 0.15) is 11.2 Å². The zero-order valence-corrected chi connectivity index (χ0v) is 17.9. The molecule has 0 saturated heterocycles. The van der Waals surface area contributed by atoms with E-state index in [1.54, 1.807) is 0 Å². The summed E-state index contributed by atoms with van der Waals surface area (Å²) >= 11 is 0. The van der Waals surface area contributed by atoms with Gasteiger partial charge >= 0.3 is 0 Å². The molecule has 2 heteroatoms. The van der Waals surface area contributed by atoms with Gasteiger partial charge in [-0.2, -0.15) is 0 Å². The lowest BCUT2D eigenvalue weighted by molar-refractivity contribution is -0.00000537. The highest BCUT2D eigenvalue weighted by molar-refractivity contribution is 7.96. The SMILES string of the molecule is C=CC(c1ccccc1)[P+](c1ccccc1)(c1ccccc1)c1ccccc1.[Cl-]. The fourth-order valence-electron chi connectivity index (χ4n) is 4.09. The van der Waals surface area contributed by atoms with E-state index in [0.717, 1.165) is 0 Å². The van der Waals surface area contributed by atoms with Gasteiger partial charge in [-0.3, -0.25) is 0 Å². The van der Waals surface area contributed by atoms with E-state index in [2.05, 4.69) is 134 Å². The highest BCUT2D eigenvalue weighted by Gasteiger charge is 2.51. The summed E-state index contributed by atoms with van der Waals surface area (Å²) in [6.07, 6.45) is 2.15. The van der Waals surface area contributed by atoms with E-state index in [4.69, 9.17) is 0 Å². The molecule has 4 aromatic rings. The van der Waals surface area contributed by atoms with Crippen molar-refractivity contribution in [2.75, 3.05) is 0 Å². The second-order valence-electron chi connectivity index (χ2n) is 6.82. The minimum Gasteiger partial charge on any atom is -1.00 e. The first kappa shape index (κ1) is 21.1. The molecule has 1 atom stereocenters. The standard InChI is InChI=1S/C27H24P.ClH/c1-2-27(23-15-7-3-8-16-23)28(24-17-9-4-10-18-24,25-19-11-5-12-20-25)26-21-13-6-14-22-26;/h2-22,27H,1H2;1H/q+1;/p-1. The van der Waals surface area contributed by atoms with Crippen molar-refractivity contribution in [3.05, 3.63) is 140 Å². The van der Waals surface area contributed by atoms with Gasteiger partial charge in [-0.25, -0.2) is 0 Å². The quantitative estimate of drug-likeness (QED) is 0.336. The first-order chi connectivity index (χ1) is 13.9. The first-order valence-electron chi connectivity index (χ1n) is 9.60. The number of hydrogen-bond donors (Lipinski definition) is 0. The van der Waals surface area contributed by atoms with Gasteiger partial charge in [0.25, 0.3) is 0 Å². The Bertz CT molecular complexity index is 918. The molecule has 0 aromatic heterocycles. The summed E-state index contributed by atoms with van der Waals surface area (Å²) in [5.41, 5.74) is 1.50. The maximum absolute atomic E-state index is 4.31. The topological polar surface area (TPSA) is 0 Å². The van der Waals surface area contributed by atoms with Crippen LogP contribution >= 0.6 is 7.26 Å². The summed E-state index contributed by atoms with van der Waals surface area (Å²) in [6, 6.07) is 43.7. The molecule has 1 unspecified atom stereocenters. The molecule has 0 nitrogen and oxygen atoms in total. The molecule has 0 aliphatic rings. The van der Waals surface area contributed by atoms with Crippen molar-refractivity contribution >= 4 is 23.2 Å². The van der Waals surface area contributed by atoms with Crippen molar-refractivity contribution < 1.29 is 12.4 Å². The molecule has 0 aliphatic heterocycles. The Balaban J connectivity index is 0.00000240. The zero-order chi connectivity index (χ0) is 19.2. The van der Waals surface area contributed by atoms with E-state index < -0.39 is 7.26 Å². The third kappa shape index (κ3) is 3.92. The van der Waals surface area contributed by atoms with E-state index >= 15 is 0 Å². The molecule has 0 bridgehead atoms. The number of hydrogen-bond acceptors (Lipinski definition) is 0. The minimum atomic E-state index is -2.00. The van der Waals surface area contributed by atoms with Gasteiger partial charge in [-0.15, -0.1) is 0 Å². The average Bonchev–Trinajstić information content (AvgIpc) is 2.80. The molecule has 0 amide bonds. The number of rotatable bonds is 6. The molecule has 0 N–H and O–H groups in total. The van der Waals surface area contributed by atoms with E-state index in [0.29, 0.717) is 0 Å². The highest BCUT2D eigenvalue weighted by atomic mass is 35.5. The largest absolute Gasteiger partial charge is 1.00 e. The molecular formula is C27H24ClP. The smallest absolute Gasteiger partial charge is 0.126 e. The number of benzene rings is 4. The summed E-state index contributed by atoms with van der Waals surface area (Å²) < 4.78 is 0. The Morgan fingerprint density at radius 1 is 0.517 bits per heavy atom. The Morgan fingerprint density at radius 2 is 0.828 bits per heavy atom. The van der Waals surface area contributed by atoms with Gasteiger partial charge in [0.2, 0.25) is 0 Å². The minimum absolute atomic E-state index is 0. The molecule has 0 heterocycles. The normalized spacial score (nSPS) is 11.9. The van der Waals surface area contributed by atoms with Gasteiger partial charge < -0.3 is 12.4 Å². The molecule has 0 radical (unpaired) electrons. The zero-order valence-electron chi connectivity index (χ0n) is 16.2. The van der Waals surface area contributed by atoms with E-state index in [9.17, 15) is 0 Å². The molecule has 4 rings (SSSR count). The third-order valence-electron chi connectivity index (χ3n) is 5.27. The fraction of sp³-hybridized carbons (Fsp3) is 0.0370. The second kappa shape index (κ2) is 9.70. The monoisotopic (exact) mass is 414 g/mol. The molecule has 29 heavy (non-hydrogen) atoms. The van der Waals surface area contributed by atoms with Crippen molar-refractivity contribution in [3.63, 3.8) is 0 Å². The summed E-state index contributed by atoms with van der Waals surface area (Å²) in [5, 5.41) is 4.13. The Hall–Kier alpha value is -2.66. The van der Waals surface area contributed by atoms with Crippen LogP contribution in [0.15, 0.2) is 134 Å². The van der Waals surface area contributed by atoms with Gasteiger partial charge in [-0.1, -0.05) is 91.5 Å². The average molecular weight is 415 g/mol. The second-order valence-corrected chi connectivity index (χ2v) is 10.4. The molecule has 0 aliphatic carbocycles. The van der Waals surface area contributed by atoms with Gasteiger partial charge in [-0.05, 0) is 48.0 Å². The van der Waals surface area contributed by atoms with Gasteiger partial charge in [0, 0.05) is 0 Å². The van der Waals surface area contributed by atoms with Crippen LogP contribution in [0.25, 0.3) is 0 Å². The van der Waals surface area contributed by atoms with Crippen LogP contribution in [0.4, 0.5) is 0 Å². The highest BCUT2D eigenvalue weighted by Crippen LogP contribution is 2.67. The van der Waals surface area contributed by atoms with Crippen molar-refractivity contribution in [2.45, 2.75) is 5.66 Å². The number of allylic oxidation sites excluding steroid dienone is 1. The third-order valence-corrected chi connectivity index (χ3v) is 9.95. The first-order valence-corrected chi connectivity index (χ1v) is 11.5. The molecule has 0 spiro atoms. The fourth-order valence-corrected chi connectivity index (χ4v) is 8.81. The van der Waals surface area contributed by atoms with Gasteiger partial charge in [0.1, 0.15) is 28.8 Å². The lowest BCUT2D eigenvalue weighted by Crippen LogP contribution is -3.00. The van der Waals surface area contributed by atoms with Crippen molar-refractivity contribution in [3.8, 4) is 0 Å². The molecule has 0 saturated carbocycles. The Kier molecular flexibility index (Phi) is 7.04. The summed E-state index contributed by atoms with van der Waals surface area (Å²) in [6.45, 7) is 4.31. The molecule has 0 fully saturated rings. The van der Waals surface area contributed by atoms with Gasteiger partial charge in [0.05, 0.1) is 0 Å². The lowest BCUT2D eigenvalue weighted by Gasteiger charge is -2.33.